The van der Waals surface area contributed by atoms with Gasteiger partial charge in [-0.2, -0.15) is 0 Å². The molecule has 0 spiro atoms. The van der Waals surface area contributed by atoms with Crippen molar-refractivity contribution in [1.82, 2.24) is 0 Å². The van der Waals surface area contributed by atoms with Crippen molar-refractivity contribution < 1.29 is 4.74 Å². The molecular formula is C14H22OS. The van der Waals surface area contributed by atoms with Crippen LogP contribution in [0.25, 0.3) is 0 Å². The first-order valence-electron chi connectivity index (χ1n) is 5.85. The monoisotopic (exact) mass is 238 g/mol. The van der Waals surface area contributed by atoms with Crippen LogP contribution in [0.3, 0.4) is 0 Å². The SMILES string of the molecule is CCOCCSc1ccc(C(C)(C)C)cc1. The van der Waals surface area contributed by atoms with Crippen LogP contribution >= 0.6 is 11.8 Å². The van der Waals surface area contributed by atoms with E-state index in [0.29, 0.717) is 0 Å². The van der Waals surface area contributed by atoms with Crippen molar-refractivity contribution in [2.24, 2.45) is 0 Å². The highest BCUT2D eigenvalue weighted by Crippen LogP contribution is 2.25. The fourth-order valence-electron chi connectivity index (χ4n) is 1.41. The standard InChI is InChI=1S/C14H22OS/c1-5-15-10-11-16-13-8-6-12(7-9-13)14(2,3)4/h6-9H,5,10-11H2,1-4H3. The quantitative estimate of drug-likeness (QED) is 0.564. The van der Waals surface area contributed by atoms with Gasteiger partial charge in [-0.3, -0.25) is 0 Å². The molecule has 0 atom stereocenters. The van der Waals surface area contributed by atoms with E-state index in [4.69, 9.17) is 4.74 Å². The smallest absolute Gasteiger partial charge is 0.0560 e. The van der Waals surface area contributed by atoms with Crippen LogP contribution in [0.5, 0.6) is 0 Å². The first-order valence-corrected chi connectivity index (χ1v) is 6.83. The first kappa shape index (κ1) is 13.6. The Morgan fingerprint density at radius 1 is 1.12 bits per heavy atom. The molecule has 2 heteroatoms. The number of hydrogen-bond donors (Lipinski definition) is 0. The lowest BCUT2D eigenvalue weighted by molar-refractivity contribution is 0.164. The van der Waals surface area contributed by atoms with Gasteiger partial charge in [0.15, 0.2) is 0 Å². The Bertz CT molecular complexity index is 298. The molecule has 0 unspecified atom stereocenters. The van der Waals surface area contributed by atoms with Crippen LogP contribution in [-0.2, 0) is 10.2 Å². The highest BCUT2D eigenvalue weighted by molar-refractivity contribution is 7.99. The maximum absolute atomic E-state index is 5.31. The van der Waals surface area contributed by atoms with Crippen molar-refractivity contribution in [2.75, 3.05) is 19.0 Å². The summed E-state index contributed by atoms with van der Waals surface area (Å²) in [6.07, 6.45) is 0. The predicted molar refractivity (Wildman–Crippen MR) is 72.4 cm³/mol. The average Bonchev–Trinajstić information content (AvgIpc) is 2.24. The van der Waals surface area contributed by atoms with Gasteiger partial charge in [-0.05, 0) is 30.0 Å². The Hall–Kier alpha value is -0.470. The lowest BCUT2D eigenvalue weighted by Gasteiger charge is -2.19. The third-order valence-electron chi connectivity index (χ3n) is 2.42. The summed E-state index contributed by atoms with van der Waals surface area (Å²) >= 11 is 1.85. The summed E-state index contributed by atoms with van der Waals surface area (Å²) in [4.78, 5) is 1.33. The molecule has 0 saturated heterocycles. The molecule has 1 rings (SSSR count). The third-order valence-corrected chi connectivity index (χ3v) is 3.40. The molecule has 0 radical (unpaired) electrons. The Morgan fingerprint density at radius 3 is 2.25 bits per heavy atom. The number of ether oxygens (including phenoxy) is 1. The summed E-state index contributed by atoms with van der Waals surface area (Å²) in [6.45, 7) is 10.4. The molecule has 0 amide bonds. The van der Waals surface area contributed by atoms with Gasteiger partial charge in [-0.1, -0.05) is 32.9 Å². The molecule has 16 heavy (non-hydrogen) atoms. The molecule has 0 aromatic heterocycles. The lowest BCUT2D eigenvalue weighted by Crippen LogP contribution is -2.10. The summed E-state index contributed by atoms with van der Waals surface area (Å²) in [5.41, 5.74) is 1.63. The second-order valence-electron chi connectivity index (χ2n) is 4.82. The van der Waals surface area contributed by atoms with Crippen LogP contribution in [0.15, 0.2) is 29.2 Å². The Labute approximate surface area is 104 Å². The molecule has 0 fully saturated rings. The summed E-state index contributed by atoms with van der Waals surface area (Å²) in [6, 6.07) is 8.86. The Balaban J connectivity index is 2.46. The summed E-state index contributed by atoms with van der Waals surface area (Å²) in [5, 5.41) is 0. The Kier molecular flexibility index (Phi) is 5.36. The molecular weight excluding hydrogens is 216 g/mol. The van der Waals surface area contributed by atoms with Crippen LogP contribution in [0.4, 0.5) is 0 Å². The number of thioether (sulfide) groups is 1. The molecule has 90 valence electrons. The van der Waals surface area contributed by atoms with E-state index in [1.165, 1.54) is 10.5 Å². The van der Waals surface area contributed by atoms with E-state index >= 15 is 0 Å². The zero-order valence-electron chi connectivity index (χ0n) is 10.7. The van der Waals surface area contributed by atoms with Crippen LogP contribution in [0, 0.1) is 0 Å². The van der Waals surface area contributed by atoms with Crippen molar-refractivity contribution in [3.05, 3.63) is 29.8 Å². The van der Waals surface area contributed by atoms with E-state index in [0.717, 1.165) is 19.0 Å². The van der Waals surface area contributed by atoms with Crippen LogP contribution in [-0.4, -0.2) is 19.0 Å². The van der Waals surface area contributed by atoms with Crippen molar-refractivity contribution >= 4 is 11.8 Å². The van der Waals surface area contributed by atoms with E-state index in [1.807, 2.05) is 18.7 Å². The Morgan fingerprint density at radius 2 is 1.75 bits per heavy atom. The molecule has 0 saturated carbocycles. The van der Waals surface area contributed by atoms with Gasteiger partial charge in [0.25, 0.3) is 0 Å². The van der Waals surface area contributed by atoms with Crippen molar-refractivity contribution in [3.63, 3.8) is 0 Å². The maximum atomic E-state index is 5.31. The number of hydrogen-bond acceptors (Lipinski definition) is 2. The number of rotatable bonds is 5. The van der Waals surface area contributed by atoms with E-state index in [9.17, 15) is 0 Å². The molecule has 1 aromatic rings. The minimum atomic E-state index is 0.245. The highest BCUT2D eigenvalue weighted by Gasteiger charge is 2.12. The molecule has 0 aliphatic rings. The zero-order chi connectivity index (χ0) is 12.0. The average molecular weight is 238 g/mol. The second kappa shape index (κ2) is 6.31. The van der Waals surface area contributed by atoms with Gasteiger partial charge >= 0.3 is 0 Å². The molecule has 0 N–H and O–H groups in total. The fourth-order valence-corrected chi connectivity index (χ4v) is 2.18. The minimum absolute atomic E-state index is 0.245. The van der Waals surface area contributed by atoms with Gasteiger partial charge in [0.1, 0.15) is 0 Å². The van der Waals surface area contributed by atoms with Gasteiger partial charge in [-0.25, -0.2) is 0 Å². The second-order valence-corrected chi connectivity index (χ2v) is 5.99. The third kappa shape index (κ3) is 4.58. The summed E-state index contributed by atoms with van der Waals surface area (Å²) in [7, 11) is 0. The molecule has 1 aromatic carbocycles. The minimum Gasteiger partial charge on any atom is -0.381 e. The van der Waals surface area contributed by atoms with Crippen molar-refractivity contribution in [3.8, 4) is 0 Å². The van der Waals surface area contributed by atoms with Crippen LogP contribution in [0.1, 0.15) is 33.3 Å². The maximum Gasteiger partial charge on any atom is 0.0560 e. The molecule has 0 aliphatic heterocycles. The van der Waals surface area contributed by atoms with Gasteiger partial charge in [0.2, 0.25) is 0 Å². The van der Waals surface area contributed by atoms with Gasteiger partial charge in [0.05, 0.1) is 6.61 Å². The van der Waals surface area contributed by atoms with Gasteiger partial charge < -0.3 is 4.74 Å². The zero-order valence-corrected chi connectivity index (χ0v) is 11.6. The predicted octanol–water partition coefficient (Wildman–Crippen LogP) is 4.11. The molecule has 1 nitrogen and oxygen atoms in total. The molecule has 0 heterocycles. The van der Waals surface area contributed by atoms with Gasteiger partial charge in [0, 0.05) is 17.3 Å². The van der Waals surface area contributed by atoms with Gasteiger partial charge in [-0.15, -0.1) is 11.8 Å². The lowest BCUT2D eigenvalue weighted by atomic mass is 9.87. The largest absolute Gasteiger partial charge is 0.381 e. The van der Waals surface area contributed by atoms with E-state index < -0.39 is 0 Å². The van der Waals surface area contributed by atoms with Crippen LogP contribution in [0.2, 0.25) is 0 Å². The highest BCUT2D eigenvalue weighted by atomic mass is 32.2. The molecule has 0 bridgehead atoms. The summed E-state index contributed by atoms with van der Waals surface area (Å²) < 4.78 is 5.31. The van der Waals surface area contributed by atoms with Crippen LogP contribution < -0.4 is 0 Å². The van der Waals surface area contributed by atoms with E-state index in [2.05, 4.69) is 45.0 Å². The molecule has 0 aliphatic carbocycles. The summed E-state index contributed by atoms with van der Waals surface area (Å²) in [5.74, 6) is 1.03. The van der Waals surface area contributed by atoms with Crippen molar-refractivity contribution in [1.29, 1.82) is 0 Å². The first-order chi connectivity index (χ1) is 7.54. The normalized spacial score (nSPS) is 11.8. The van der Waals surface area contributed by atoms with E-state index in [-0.39, 0.29) is 5.41 Å². The fraction of sp³-hybridized carbons (Fsp3) is 0.571. The topological polar surface area (TPSA) is 9.23 Å². The van der Waals surface area contributed by atoms with Crippen molar-refractivity contribution in [2.45, 2.75) is 38.0 Å². The number of benzene rings is 1. The van der Waals surface area contributed by atoms with E-state index in [1.54, 1.807) is 0 Å².